The van der Waals surface area contributed by atoms with Gasteiger partial charge in [0.2, 0.25) is 0 Å². The lowest BCUT2D eigenvalue weighted by Crippen LogP contribution is -2.34. The van der Waals surface area contributed by atoms with E-state index < -0.39 is 5.97 Å². The lowest BCUT2D eigenvalue weighted by molar-refractivity contribution is -0.154. The van der Waals surface area contributed by atoms with Gasteiger partial charge in [-0.2, -0.15) is 0 Å². The summed E-state index contributed by atoms with van der Waals surface area (Å²) in [5.74, 6) is 0.0447. The van der Waals surface area contributed by atoms with E-state index in [1.165, 1.54) is 7.11 Å². The summed E-state index contributed by atoms with van der Waals surface area (Å²) in [4.78, 5) is 26.6. The molecule has 0 saturated heterocycles. The molecule has 0 radical (unpaired) electrons. The lowest BCUT2D eigenvalue weighted by atomic mass is 10.1. The summed E-state index contributed by atoms with van der Waals surface area (Å²) in [7, 11) is 1.52. The Morgan fingerprint density at radius 3 is 1.77 bits per heavy atom. The number of methoxy groups -OCH3 is 1. The van der Waals surface area contributed by atoms with E-state index in [0.29, 0.717) is 24.6 Å². The van der Waals surface area contributed by atoms with Crippen LogP contribution in [0.15, 0.2) is 84.9 Å². The summed E-state index contributed by atoms with van der Waals surface area (Å²) in [5, 5.41) is 0. The molecule has 0 unspecified atom stereocenters. The molecule has 3 aromatic carbocycles. The third-order valence-corrected chi connectivity index (χ3v) is 4.56. The van der Waals surface area contributed by atoms with Crippen LogP contribution in [0.4, 0.5) is 0 Å². The van der Waals surface area contributed by atoms with Crippen LogP contribution in [0.3, 0.4) is 0 Å². The molecule has 160 valence electrons. The molecule has 3 rings (SSSR count). The monoisotopic (exact) mass is 419 g/mol. The van der Waals surface area contributed by atoms with Crippen LogP contribution in [0.25, 0.3) is 0 Å². The number of hydrogen-bond acceptors (Lipinski definition) is 5. The molecule has 0 aliphatic rings. The Bertz CT molecular complexity index is 934. The van der Waals surface area contributed by atoms with Gasteiger partial charge in [0.15, 0.2) is 24.7 Å². The molecule has 3 aromatic rings. The second-order valence-electron chi connectivity index (χ2n) is 6.82. The van der Waals surface area contributed by atoms with Gasteiger partial charge >= 0.3 is 5.97 Å². The average molecular weight is 419 g/mol. The number of hydrogen-bond donors (Lipinski definition) is 0. The molecule has 0 aliphatic heterocycles. The first-order chi connectivity index (χ1) is 15.2. The topological polar surface area (TPSA) is 65.1 Å². The van der Waals surface area contributed by atoms with Crippen molar-refractivity contribution in [2.24, 2.45) is 0 Å². The minimum absolute atomic E-state index is 0.279. The van der Waals surface area contributed by atoms with Crippen molar-refractivity contribution in [2.45, 2.75) is 13.1 Å². The Balaban J connectivity index is 1.56. The maximum Gasteiger partial charge on any atom is 0.344 e. The van der Waals surface area contributed by atoms with E-state index in [4.69, 9.17) is 14.2 Å². The van der Waals surface area contributed by atoms with Crippen LogP contribution in [0.2, 0.25) is 0 Å². The molecule has 0 fully saturated rings. The van der Waals surface area contributed by atoms with Gasteiger partial charge < -0.3 is 19.1 Å². The molecule has 0 saturated carbocycles. The van der Waals surface area contributed by atoms with E-state index in [-0.39, 0.29) is 19.1 Å². The van der Waals surface area contributed by atoms with Crippen molar-refractivity contribution in [3.8, 4) is 11.5 Å². The second kappa shape index (κ2) is 11.4. The Labute approximate surface area is 182 Å². The first-order valence-electron chi connectivity index (χ1n) is 9.93. The molecule has 1 amide bonds. The van der Waals surface area contributed by atoms with Gasteiger partial charge in [-0.3, -0.25) is 4.79 Å². The Kier molecular flexibility index (Phi) is 8.05. The number of carbonyl (C=O) groups excluding carboxylic acids is 2. The summed E-state index contributed by atoms with van der Waals surface area (Å²) < 4.78 is 15.8. The van der Waals surface area contributed by atoms with Gasteiger partial charge in [0.05, 0.1) is 7.11 Å². The highest BCUT2D eigenvalue weighted by Gasteiger charge is 2.17. The molecule has 0 N–H and O–H groups in total. The molecule has 0 aliphatic carbocycles. The molecule has 0 spiro atoms. The molecular weight excluding hydrogens is 394 g/mol. The normalized spacial score (nSPS) is 10.2. The van der Waals surface area contributed by atoms with Crippen molar-refractivity contribution in [2.75, 3.05) is 20.3 Å². The predicted octanol–water partition coefficient (Wildman–Crippen LogP) is 3.85. The van der Waals surface area contributed by atoms with Crippen LogP contribution >= 0.6 is 0 Å². The standard InChI is InChI=1S/C25H25NO5/c1-29-22-14-8-9-15-23(22)30-19-25(28)31-18-24(27)26(16-20-10-4-2-5-11-20)17-21-12-6-3-7-13-21/h2-15H,16-19H2,1H3. The molecule has 31 heavy (non-hydrogen) atoms. The van der Waals surface area contributed by atoms with Gasteiger partial charge in [0, 0.05) is 13.1 Å². The molecule has 0 aromatic heterocycles. The van der Waals surface area contributed by atoms with Crippen molar-refractivity contribution in [1.82, 2.24) is 4.90 Å². The van der Waals surface area contributed by atoms with E-state index in [0.717, 1.165) is 11.1 Å². The van der Waals surface area contributed by atoms with Crippen molar-refractivity contribution >= 4 is 11.9 Å². The molecule has 0 bridgehead atoms. The summed E-state index contributed by atoms with van der Waals surface area (Å²) >= 11 is 0. The number of benzene rings is 3. The second-order valence-corrected chi connectivity index (χ2v) is 6.82. The fourth-order valence-corrected chi connectivity index (χ4v) is 2.99. The zero-order valence-electron chi connectivity index (χ0n) is 17.4. The van der Waals surface area contributed by atoms with E-state index in [1.54, 1.807) is 29.2 Å². The average Bonchev–Trinajstić information content (AvgIpc) is 2.82. The third kappa shape index (κ3) is 6.89. The van der Waals surface area contributed by atoms with Crippen molar-refractivity contribution in [3.63, 3.8) is 0 Å². The summed E-state index contributed by atoms with van der Waals surface area (Å²) in [6.07, 6.45) is 0. The molecule has 6 heteroatoms. The minimum atomic E-state index is -0.626. The van der Waals surface area contributed by atoms with Crippen LogP contribution in [-0.2, 0) is 27.4 Å². The number of para-hydroxylation sites is 2. The summed E-state index contributed by atoms with van der Waals surface area (Å²) in [5.41, 5.74) is 2.00. The molecule has 0 heterocycles. The van der Waals surface area contributed by atoms with Gasteiger partial charge in [0.25, 0.3) is 5.91 Å². The fraction of sp³-hybridized carbons (Fsp3) is 0.200. The highest BCUT2D eigenvalue weighted by Crippen LogP contribution is 2.25. The first-order valence-corrected chi connectivity index (χ1v) is 9.93. The maximum absolute atomic E-state index is 12.8. The highest BCUT2D eigenvalue weighted by molar-refractivity contribution is 5.81. The molecule has 0 atom stereocenters. The van der Waals surface area contributed by atoms with Gasteiger partial charge in [-0.1, -0.05) is 72.8 Å². The quantitative estimate of drug-likeness (QED) is 0.467. The van der Waals surface area contributed by atoms with Gasteiger partial charge in [-0.05, 0) is 23.3 Å². The third-order valence-electron chi connectivity index (χ3n) is 4.56. The smallest absolute Gasteiger partial charge is 0.344 e. The van der Waals surface area contributed by atoms with E-state index >= 15 is 0 Å². The Hall–Kier alpha value is -3.80. The number of esters is 1. The van der Waals surface area contributed by atoms with Crippen LogP contribution in [0.1, 0.15) is 11.1 Å². The van der Waals surface area contributed by atoms with E-state index in [9.17, 15) is 9.59 Å². The van der Waals surface area contributed by atoms with Gasteiger partial charge in [-0.15, -0.1) is 0 Å². The van der Waals surface area contributed by atoms with Gasteiger partial charge in [0.1, 0.15) is 0 Å². The zero-order valence-corrected chi connectivity index (χ0v) is 17.4. The Morgan fingerprint density at radius 2 is 1.23 bits per heavy atom. The number of ether oxygens (including phenoxy) is 3. The van der Waals surface area contributed by atoms with Crippen molar-refractivity contribution in [3.05, 3.63) is 96.1 Å². The lowest BCUT2D eigenvalue weighted by Gasteiger charge is -2.23. The fourth-order valence-electron chi connectivity index (χ4n) is 2.99. The maximum atomic E-state index is 12.8. The van der Waals surface area contributed by atoms with Crippen LogP contribution < -0.4 is 9.47 Å². The number of nitrogens with zero attached hydrogens (tertiary/aromatic N) is 1. The van der Waals surface area contributed by atoms with Gasteiger partial charge in [-0.25, -0.2) is 4.79 Å². The number of carbonyl (C=O) groups is 2. The zero-order chi connectivity index (χ0) is 21.9. The largest absolute Gasteiger partial charge is 0.493 e. The molecule has 6 nitrogen and oxygen atoms in total. The number of amides is 1. The van der Waals surface area contributed by atoms with Crippen LogP contribution in [-0.4, -0.2) is 37.1 Å². The number of rotatable bonds is 10. The predicted molar refractivity (Wildman–Crippen MR) is 117 cm³/mol. The Morgan fingerprint density at radius 1 is 0.710 bits per heavy atom. The van der Waals surface area contributed by atoms with Crippen molar-refractivity contribution in [1.29, 1.82) is 0 Å². The summed E-state index contributed by atoms with van der Waals surface area (Å²) in [6, 6.07) is 26.4. The van der Waals surface area contributed by atoms with Crippen LogP contribution in [0, 0.1) is 0 Å². The molecular formula is C25H25NO5. The van der Waals surface area contributed by atoms with Crippen LogP contribution in [0.5, 0.6) is 11.5 Å². The van der Waals surface area contributed by atoms with Crippen molar-refractivity contribution < 1.29 is 23.8 Å². The summed E-state index contributed by atoms with van der Waals surface area (Å²) in [6.45, 7) is 0.173. The first kappa shape index (κ1) is 21.9. The SMILES string of the molecule is COc1ccccc1OCC(=O)OCC(=O)N(Cc1ccccc1)Cc1ccccc1. The highest BCUT2D eigenvalue weighted by atomic mass is 16.6. The minimum Gasteiger partial charge on any atom is -0.493 e. The van der Waals surface area contributed by atoms with E-state index in [2.05, 4.69) is 0 Å². The van der Waals surface area contributed by atoms with E-state index in [1.807, 2.05) is 60.7 Å².